The minimum absolute atomic E-state index is 0.0422. The first-order chi connectivity index (χ1) is 9.90. The Balaban J connectivity index is 2.22. The van der Waals surface area contributed by atoms with Gasteiger partial charge in [0.1, 0.15) is 0 Å². The van der Waals surface area contributed by atoms with E-state index in [9.17, 15) is 24.6 Å². The Bertz CT molecular complexity index is 506. The Kier molecular flexibility index (Phi) is 6.05. The van der Waals surface area contributed by atoms with Gasteiger partial charge in [-0.3, -0.25) is 9.59 Å². The summed E-state index contributed by atoms with van der Waals surface area (Å²) in [6, 6.07) is 2.32. The van der Waals surface area contributed by atoms with Gasteiger partial charge < -0.3 is 25.7 Å². The van der Waals surface area contributed by atoms with E-state index in [0.29, 0.717) is 4.73 Å². The maximum atomic E-state index is 11.4. The molecule has 0 radical (unpaired) electrons. The molecule has 0 aliphatic carbocycles. The molecule has 1 aromatic rings. The van der Waals surface area contributed by atoms with E-state index < -0.39 is 17.7 Å². The highest BCUT2D eigenvalue weighted by Gasteiger charge is 2.12. The highest BCUT2D eigenvalue weighted by atomic mass is 16.7. The summed E-state index contributed by atoms with van der Waals surface area (Å²) in [5.41, 5.74) is 0. The molecule has 0 fully saturated rings. The summed E-state index contributed by atoms with van der Waals surface area (Å²) < 4.78 is 0.570. The van der Waals surface area contributed by atoms with Crippen molar-refractivity contribution >= 4 is 17.8 Å². The molecule has 1 heterocycles. The van der Waals surface area contributed by atoms with Gasteiger partial charge in [0, 0.05) is 38.6 Å². The molecule has 116 valence electrons. The third-order valence-electron chi connectivity index (χ3n) is 2.37. The van der Waals surface area contributed by atoms with E-state index in [1.54, 1.807) is 0 Å². The molecule has 9 heteroatoms. The van der Waals surface area contributed by atoms with Crippen LogP contribution in [-0.4, -0.2) is 45.8 Å². The molecule has 0 aromatic carbocycles. The van der Waals surface area contributed by atoms with Gasteiger partial charge in [0.25, 0.3) is 0 Å². The lowest BCUT2D eigenvalue weighted by Gasteiger charge is -2.08. The summed E-state index contributed by atoms with van der Waals surface area (Å²) in [6.45, 7) is 1.61. The van der Waals surface area contributed by atoms with Crippen molar-refractivity contribution in [1.29, 1.82) is 0 Å². The lowest BCUT2D eigenvalue weighted by atomic mass is 10.3. The van der Waals surface area contributed by atoms with Crippen molar-refractivity contribution in [3.8, 4) is 11.8 Å². The number of aromatic hydroxyl groups is 2. The third kappa shape index (κ3) is 5.85. The standard InChI is InChI=1S/C12H17N3O6/c1-8(16)13-6-4-9(17)14-7-5-12(20)21-15-10(18)2-3-11(15)19/h2-3,18-19H,4-7H2,1H3,(H,13,16)(H,14,17). The Labute approximate surface area is 120 Å². The first-order valence-corrected chi connectivity index (χ1v) is 6.22. The monoisotopic (exact) mass is 299 g/mol. The molecule has 2 amide bonds. The van der Waals surface area contributed by atoms with Gasteiger partial charge in [-0.25, -0.2) is 4.79 Å². The minimum atomic E-state index is -0.737. The molecule has 4 N–H and O–H groups in total. The van der Waals surface area contributed by atoms with E-state index in [1.807, 2.05) is 0 Å². The van der Waals surface area contributed by atoms with Crippen molar-refractivity contribution in [2.45, 2.75) is 19.8 Å². The molecule has 0 bridgehead atoms. The number of rotatable bonds is 7. The van der Waals surface area contributed by atoms with E-state index in [0.717, 1.165) is 12.1 Å². The minimum Gasteiger partial charge on any atom is -0.492 e. The average molecular weight is 299 g/mol. The Morgan fingerprint density at radius 2 is 1.67 bits per heavy atom. The van der Waals surface area contributed by atoms with Gasteiger partial charge in [-0.1, -0.05) is 0 Å². The SMILES string of the molecule is CC(=O)NCCC(=O)NCCC(=O)On1c(O)ccc1O. The highest BCUT2D eigenvalue weighted by Crippen LogP contribution is 2.18. The number of amides is 2. The Morgan fingerprint density at radius 3 is 2.24 bits per heavy atom. The van der Waals surface area contributed by atoms with Crippen molar-refractivity contribution < 1.29 is 29.4 Å². The van der Waals surface area contributed by atoms with Gasteiger partial charge in [-0.15, -0.1) is 4.73 Å². The van der Waals surface area contributed by atoms with Crippen LogP contribution >= 0.6 is 0 Å². The number of carbonyl (C=O) groups is 3. The normalized spacial score (nSPS) is 9.95. The van der Waals surface area contributed by atoms with Crippen LogP contribution < -0.4 is 15.5 Å². The van der Waals surface area contributed by atoms with Crippen molar-refractivity contribution in [3.63, 3.8) is 0 Å². The lowest BCUT2D eigenvalue weighted by molar-refractivity contribution is -0.145. The van der Waals surface area contributed by atoms with E-state index >= 15 is 0 Å². The summed E-state index contributed by atoms with van der Waals surface area (Å²) in [5, 5.41) is 23.5. The van der Waals surface area contributed by atoms with E-state index in [4.69, 9.17) is 0 Å². The number of hydrogen-bond acceptors (Lipinski definition) is 6. The summed E-state index contributed by atoms with van der Waals surface area (Å²) in [7, 11) is 0. The molecule has 0 atom stereocenters. The largest absolute Gasteiger partial charge is 0.492 e. The van der Waals surface area contributed by atoms with Crippen LogP contribution in [-0.2, 0) is 14.4 Å². The molecule has 0 spiro atoms. The zero-order valence-electron chi connectivity index (χ0n) is 11.5. The van der Waals surface area contributed by atoms with E-state index in [2.05, 4.69) is 15.5 Å². The van der Waals surface area contributed by atoms with Crippen molar-refractivity contribution in [1.82, 2.24) is 15.4 Å². The Hall–Kier alpha value is -2.71. The second-order valence-electron chi connectivity index (χ2n) is 4.14. The number of carbonyl (C=O) groups excluding carboxylic acids is 3. The first kappa shape index (κ1) is 16.3. The number of aromatic nitrogens is 1. The zero-order valence-corrected chi connectivity index (χ0v) is 11.5. The fourth-order valence-corrected chi connectivity index (χ4v) is 1.39. The molecular formula is C12H17N3O6. The molecule has 0 saturated heterocycles. The topological polar surface area (TPSA) is 130 Å². The fraction of sp³-hybridized carbons (Fsp3) is 0.417. The first-order valence-electron chi connectivity index (χ1n) is 6.22. The van der Waals surface area contributed by atoms with E-state index in [1.165, 1.54) is 6.92 Å². The summed E-state index contributed by atoms with van der Waals surface area (Å²) in [5.74, 6) is -2.11. The number of nitrogens with zero attached hydrogens (tertiary/aromatic N) is 1. The molecule has 0 aliphatic rings. The molecule has 1 aromatic heterocycles. The number of hydrogen-bond donors (Lipinski definition) is 4. The molecule has 0 aliphatic heterocycles. The second kappa shape index (κ2) is 7.78. The second-order valence-corrected chi connectivity index (χ2v) is 4.14. The zero-order chi connectivity index (χ0) is 15.8. The van der Waals surface area contributed by atoms with Gasteiger partial charge in [0.2, 0.25) is 23.6 Å². The molecule has 0 saturated carbocycles. The molecular weight excluding hydrogens is 282 g/mol. The van der Waals surface area contributed by atoms with Crippen molar-refractivity contribution in [3.05, 3.63) is 12.1 Å². The van der Waals surface area contributed by atoms with Gasteiger partial charge in [0.05, 0.1) is 6.42 Å². The van der Waals surface area contributed by atoms with Gasteiger partial charge in [-0.05, 0) is 0 Å². The van der Waals surface area contributed by atoms with Crippen LogP contribution in [0.3, 0.4) is 0 Å². The van der Waals surface area contributed by atoms with Gasteiger partial charge >= 0.3 is 5.97 Å². The van der Waals surface area contributed by atoms with Crippen LogP contribution in [0.1, 0.15) is 19.8 Å². The van der Waals surface area contributed by atoms with Crippen LogP contribution in [0.2, 0.25) is 0 Å². The predicted octanol–water partition coefficient (Wildman–Crippen LogP) is -1.11. The van der Waals surface area contributed by atoms with Crippen LogP contribution in [0.5, 0.6) is 11.8 Å². The predicted molar refractivity (Wildman–Crippen MR) is 70.3 cm³/mol. The summed E-state index contributed by atoms with van der Waals surface area (Å²) in [6.07, 6.45) is -0.0310. The van der Waals surface area contributed by atoms with Crippen LogP contribution in [0.15, 0.2) is 12.1 Å². The summed E-state index contributed by atoms with van der Waals surface area (Å²) in [4.78, 5) is 38.0. The average Bonchev–Trinajstić information content (AvgIpc) is 2.70. The van der Waals surface area contributed by atoms with Crippen LogP contribution in [0.4, 0.5) is 0 Å². The van der Waals surface area contributed by atoms with Crippen LogP contribution in [0, 0.1) is 0 Å². The number of nitrogens with one attached hydrogen (secondary N) is 2. The molecule has 1 rings (SSSR count). The van der Waals surface area contributed by atoms with Crippen LogP contribution in [0.25, 0.3) is 0 Å². The van der Waals surface area contributed by atoms with Gasteiger partial charge in [0.15, 0.2) is 0 Å². The smallest absolute Gasteiger partial charge is 0.334 e. The third-order valence-corrected chi connectivity index (χ3v) is 2.37. The summed E-state index contributed by atoms with van der Waals surface area (Å²) >= 11 is 0. The maximum Gasteiger partial charge on any atom is 0.334 e. The Morgan fingerprint density at radius 1 is 1.10 bits per heavy atom. The molecule has 21 heavy (non-hydrogen) atoms. The van der Waals surface area contributed by atoms with E-state index in [-0.39, 0.29) is 37.7 Å². The lowest BCUT2D eigenvalue weighted by Crippen LogP contribution is -2.32. The maximum absolute atomic E-state index is 11.4. The quantitative estimate of drug-likeness (QED) is 0.505. The molecule has 0 unspecified atom stereocenters. The van der Waals surface area contributed by atoms with Crippen molar-refractivity contribution in [2.24, 2.45) is 0 Å². The molecule has 9 nitrogen and oxygen atoms in total. The highest BCUT2D eigenvalue weighted by molar-refractivity contribution is 5.78. The fourth-order valence-electron chi connectivity index (χ4n) is 1.39. The van der Waals surface area contributed by atoms with Crippen molar-refractivity contribution in [2.75, 3.05) is 13.1 Å². The van der Waals surface area contributed by atoms with Gasteiger partial charge in [-0.2, -0.15) is 0 Å².